The summed E-state index contributed by atoms with van der Waals surface area (Å²) in [5.74, 6) is 0. The van der Waals surface area contributed by atoms with Crippen LogP contribution in [0.3, 0.4) is 0 Å². The zero-order valence-electron chi connectivity index (χ0n) is 3.78. The molecule has 0 heterocycles. The summed E-state index contributed by atoms with van der Waals surface area (Å²) in [6, 6.07) is 0. The monoisotopic (exact) mass is 103 g/mol. The molecular weight excluding hydrogens is 97.0 g/mol. The van der Waals surface area contributed by atoms with Crippen molar-refractivity contribution in [3.63, 3.8) is 0 Å². The average molecular weight is 103 g/mol. The molecule has 0 radical (unpaired) electrons. The highest BCUT2D eigenvalue weighted by Crippen LogP contribution is 2.22. The highest BCUT2D eigenvalue weighted by Gasteiger charge is 2.18. The molecule has 0 aliphatic heterocycles. The number of carbonyl (C=O) groups excluding carboxylic acids is 1. The van der Waals surface area contributed by atoms with Gasteiger partial charge in [-0.05, 0) is 12.8 Å². The highest BCUT2D eigenvalue weighted by molar-refractivity contribution is 5.26. The fourth-order valence-electron chi connectivity index (χ4n) is 0.0630. The van der Waals surface area contributed by atoms with Crippen LogP contribution in [0.5, 0.6) is 0 Å². The maximum absolute atomic E-state index is 11.1. The van der Waals surface area contributed by atoms with E-state index in [1.807, 2.05) is 0 Å². The minimum absolute atomic E-state index is 0.417. The lowest BCUT2D eigenvalue weighted by Crippen LogP contribution is -1.49. The molecule has 1 aliphatic rings. The second kappa shape index (κ2) is 3.50. The Morgan fingerprint density at radius 1 is 1.71 bits per heavy atom. The number of isocyanates is 1. The lowest BCUT2D eigenvalue weighted by molar-refractivity contribution is 0.480. The molecule has 0 amide bonds. The van der Waals surface area contributed by atoms with Crippen molar-refractivity contribution in [2.75, 3.05) is 0 Å². The molecule has 7 heavy (non-hydrogen) atoms. The van der Waals surface area contributed by atoms with Gasteiger partial charge >= 0.3 is 0 Å². The number of hydrogen-bond acceptors (Lipinski definition) is 2. The number of halogens is 1. The molecule has 1 saturated carbocycles. The zero-order chi connectivity index (χ0) is 5.70. The van der Waals surface area contributed by atoms with E-state index < -0.39 is 6.17 Å². The lowest BCUT2D eigenvalue weighted by atomic mass is 10.9. The van der Waals surface area contributed by atoms with Gasteiger partial charge in [0.1, 0.15) is 6.17 Å². The summed E-state index contributed by atoms with van der Waals surface area (Å²) in [4.78, 5) is 8.35. The van der Waals surface area contributed by atoms with Crippen LogP contribution in [0.2, 0.25) is 0 Å². The van der Waals surface area contributed by atoms with Gasteiger partial charge in [0, 0.05) is 0 Å². The Balaban J connectivity index is 0.000000110. The van der Waals surface area contributed by atoms with E-state index in [0.717, 1.165) is 18.9 Å². The van der Waals surface area contributed by atoms with Crippen LogP contribution in [0.15, 0.2) is 0 Å². The van der Waals surface area contributed by atoms with Crippen LogP contribution < -0.4 is 0 Å². The van der Waals surface area contributed by atoms with Gasteiger partial charge in [0.25, 0.3) is 0 Å². The third-order valence-corrected chi connectivity index (χ3v) is 0.507. The molecule has 0 unspecified atom stereocenters. The molecule has 0 aromatic heterocycles. The van der Waals surface area contributed by atoms with E-state index in [1.54, 1.807) is 0 Å². The lowest BCUT2D eigenvalue weighted by Gasteiger charge is -1.50. The molecule has 1 N–H and O–H groups in total. The Kier molecular flexibility index (Phi) is 3.15. The molecule has 1 aliphatic carbocycles. The second-order valence-corrected chi connectivity index (χ2v) is 1.28. The van der Waals surface area contributed by atoms with E-state index in [0.29, 0.717) is 0 Å². The van der Waals surface area contributed by atoms with Crippen LogP contribution in [-0.2, 0) is 4.79 Å². The molecule has 0 bridgehead atoms. The molecule has 0 atom stereocenters. The molecule has 0 aromatic rings. The van der Waals surface area contributed by atoms with Crippen LogP contribution in [0.1, 0.15) is 12.8 Å². The predicted octanol–water partition coefficient (Wildman–Crippen LogP) is 1.02. The van der Waals surface area contributed by atoms with Gasteiger partial charge in [-0.3, -0.25) is 0 Å². The van der Waals surface area contributed by atoms with Crippen molar-refractivity contribution in [2.24, 2.45) is 0 Å². The Morgan fingerprint density at radius 3 is 1.86 bits per heavy atom. The summed E-state index contributed by atoms with van der Waals surface area (Å²) in [5, 5.41) is 5.40. The Labute approximate surface area is 40.8 Å². The van der Waals surface area contributed by atoms with Gasteiger partial charge in [0.05, 0.1) is 0 Å². The van der Waals surface area contributed by atoms with E-state index in [-0.39, 0.29) is 0 Å². The van der Waals surface area contributed by atoms with Crippen molar-refractivity contribution in [3.8, 4) is 0 Å². The van der Waals surface area contributed by atoms with Crippen molar-refractivity contribution >= 4 is 6.08 Å². The summed E-state index contributed by atoms with van der Waals surface area (Å²) in [5.41, 5.74) is 0. The van der Waals surface area contributed by atoms with Crippen LogP contribution in [0.4, 0.5) is 4.39 Å². The smallest absolute Gasteiger partial charge is 0.231 e. The SMILES string of the molecule is FC1CC1.N=C=O. The Hall–Kier alpha value is -0.690. The normalized spacial score (nSPS) is 16.1. The summed E-state index contributed by atoms with van der Waals surface area (Å²) in [6.45, 7) is 0. The molecule has 2 nitrogen and oxygen atoms in total. The van der Waals surface area contributed by atoms with Crippen molar-refractivity contribution in [1.82, 2.24) is 0 Å². The summed E-state index contributed by atoms with van der Waals surface area (Å²) < 4.78 is 11.1. The van der Waals surface area contributed by atoms with Gasteiger partial charge < -0.3 is 0 Å². The van der Waals surface area contributed by atoms with Gasteiger partial charge in [0.15, 0.2) is 0 Å². The maximum Gasteiger partial charge on any atom is 0.231 e. The standard InChI is InChI=1S/C3H5F.CHNO/c4-3-1-2-3;2-1-3/h3H,1-2H2;2H. The van der Waals surface area contributed by atoms with Crippen molar-refractivity contribution < 1.29 is 9.18 Å². The number of hydrogen-bond donors (Lipinski definition) is 1. The summed E-state index contributed by atoms with van der Waals surface area (Å²) >= 11 is 0. The molecule has 0 aromatic carbocycles. The van der Waals surface area contributed by atoms with Crippen molar-refractivity contribution in [3.05, 3.63) is 0 Å². The minimum Gasteiger partial charge on any atom is -0.247 e. The van der Waals surface area contributed by atoms with E-state index >= 15 is 0 Å². The first kappa shape index (κ1) is 6.31. The molecular formula is C4H6FNO. The summed E-state index contributed by atoms with van der Waals surface area (Å²) in [6.07, 6.45) is 1.97. The first-order valence-corrected chi connectivity index (χ1v) is 1.99. The quantitative estimate of drug-likeness (QED) is 0.361. The first-order valence-electron chi connectivity index (χ1n) is 1.99. The maximum atomic E-state index is 11.1. The van der Waals surface area contributed by atoms with Gasteiger partial charge in [-0.1, -0.05) is 0 Å². The van der Waals surface area contributed by atoms with Gasteiger partial charge in [-0.2, -0.15) is 0 Å². The van der Waals surface area contributed by atoms with E-state index in [4.69, 9.17) is 10.2 Å². The van der Waals surface area contributed by atoms with Crippen LogP contribution in [0, 0.1) is 5.41 Å². The predicted molar refractivity (Wildman–Crippen MR) is 22.5 cm³/mol. The van der Waals surface area contributed by atoms with E-state index in [1.165, 1.54) is 0 Å². The molecule has 0 spiro atoms. The molecule has 1 rings (SSSR count). The molecule has 1 fully saturated rings. The first-order chi connectivity index (χ1) is 3.31. The molecule has 3 heteroatoms. The van der Waals surface area contributed by atoms with E-state index in [2.05, 4.69) is 0 Å². The fraction of sp³-hybridized carbons (Fsp3) is 0.750. The second-order valence-electron chi connectivity index (χ2n) is 1.28. The largest absolute Gasteiger partial charge is 0.247 e. The van der Waals surface area contributed by atoms with Gasteiger partial charge in [0.2, 0.25) is 6.08 Å². The fourth-order valence-corrected chi connectivity index (χ4v) is 0.0630. The number of alkyl halides is 1. The van der Waals surface area contributed by atoms with Crippen LogP contribution in [0.25, 0.3) is 0 Å². The van der Waals surface area contributed by atoms with Gasteiger partial charge in [-0.25, -0.2) is 14.6 Å². The average Bonchev–Trinajstić information content (AvgIpc) is 2.25. The third-order valence-electron chi connectivity index (χ3n) is 0.507. The third kappa shape index (κ3) is 10.9. The van der Waals surface area contributed by atoms with Crippen LogP contribution in [-0.4, -0.2) is 12.3 Å². The number of nitrogens with one attached hydrogen (secondary N) is 1. The van der Waals surface area contributed by atoms with Gasteiger partial charge in [-0.15, -0.1) is 0 Å². The topological polar surface area (TPSA) is 40.9 Å². The number of rotatable bonds is 0. The Morgan fingerprint density at radius 2 is 1.86 bits per heavy atom. The van der Waals surface area contributed by atoms with E-state index in [9.17, 15) is 4.39 Å². The molecule has 0 saturated heterocycles. The molecule has 40 valence electrons. The highest BCUT2D eigenvalue weighted by atomic mass is 19.1. The van der Waals surface area contributed by atoms with Crippen molar-refractivity contribution in [2.45, 2.75) is 19.0 Å². The van der Waals surface area contributed by atoms with Crippen molar-refractivity contribution in [1.29, 1.82) is 5.41 Å². The zero-order valence-corrected chi connectivity index (χ0v) is 3.78. The summed E-state index contributed by atoms with van der Waals surface area (Å²) in [7, 11) is 0. The van der Waals surface area contributed by atoms with Crippen LogP contribution >= 0.6 is 0 Å². The Bertz CT molecular complexity index is 73.8. The minimum atomic E-state index is -0.417.